The van der Waals surface area contributed by atoms with E-state index in [9.17, 15) is 19.5 Å². The van der Waals surface area contributed by atoms with Crippen LogP contribution in [-0.4, -0.2) is 55.0 Å². The summed E-state index contributed by atoms with van der Waals surface area (Å²) in [7, 11) is 0. The number of hydrogen-bond donors (Lipinski definition) is 2. The summed E-state index contributed by atoms with van der Waals surface area (Å²) in [5, 5.41) is 13.4. The fourth-order valence-corrected chi connectivity index (χ4v) is 4.03. The zero-order valence-electron chi connectivity index (χ0n) is 17.7. The number of hydrogen-bond acceptors (Lipinski definition) is 7. The predicted octanol–water partition coefficient (Wildman–Crippen LogP) is 2.42. The maximum Gasteiger partial charge on any atom is 0.342 e. The normalized spacial score (nSPS) is 16.7. The van der Waals surface area contributed by atoms with Gasteiger partial charge in [0.2, 0.25) is 0 Å². The van der Waals surface area contributed by atoms with Crippen LogP contribution < -0.4 is 10.9 Å². The lowest BCUT2D eigenvalue weighted by Crippen LogP contribution is -2.43. The Kier molecular flexibility index (Phi) is 6.34. The average Bonchev–Trinajstić information content (AvgIpc) is 2.80. The largest absolute Gasteiger partial charge is 0.507 e. The molecule has 4 rings (SSSR count). The summed E-state index contributed by atoms with van der Waals surface area (Å²) < 4.78 is 11.3. The molecule has 1 atom stereocenters. The number of carbonyl (C=O) groups excluding carboxylic acids is 2. The molecule has 1 fully saturated rings. The molecule has 3 aromatic rings. The van der Waals surface area contributed by atoms with Gasteiger partial charge in [-0.25, -0.2) is 4.79 Å². The van der Waals surface area contributed by atoms with E-state index in [1.165, 1.54) is 6.07 Å². The van der Waals surface area contributed by atoms with Crippen molar-refractivity contribution in [3.05, 3.63) is 75.1 Å². The summed E-state index contributed by atoms with van der Waals surface area (Å²) in [6.07, 6.45) is -0.0230. The van der Waals surface area contributed by atoms with Crippen molar-refractivity contribution in [2.75, 3.05) is 32.8 Å². The van der Waals surface area contributed by atoms with Gasteiger partial charge in [0.15, 0.2) is 11.9 Å². The van der Waals surface area contributed by atoms with Crippen LogP contribution in [-0.2, 0) is 4.74 Å². The minimum Gasteiger partial charge on any atom is -0.507 e. The third-order valence-electron chi connectivity index (χ3n) is 5.74. The number of ether oxygens (including phenoxy) is 1. The van der Waals surface area contributed by atoms with Gasteiger partial charge >= 0.3 is 5.63 Å². The second kappa shape index (κ2) is 9.33. The molecule has 1 amide bonds. The number of aromatic hydroxyl groups is 1. The van der Waals surface area contributed by atoms with Gasteiger partial charge in [0, 0.05) is 37.1 Å². The standard InChI is InChI=1S/C24H24N2O6/c1-15-17-7-8-19(28)18(14-27)22(17)32-24(30)21(15)20-13-26(11-12-31-20)10-9-25-23(29)16-5-3-2-4-6-16/h2-8,14,20,28H,9-13H2,1H3,(H,25,29). The number of nitrogens with zero attached hydrogens (tertiary/aromatic N) is 1. The van der Waals surface area contributed by atoms with E-state index in [1.807, 2.05) is 18.2 Å². The van der Waals surface area contributed by atoms with Crippen molar-refractivity contribution in [2.45, 2.75) is 13.0 Å². The first-order chi connectivity index (χ1) is 15.5. The average molecular weight is 436 g/mol. The number of phenols is 1. The van der Waals surface area contributed by atoms with Gasteiger partial charge in [0.1, 0.15) is 11.9 Å². The summed E-state index contributed by atoms with van der Waals surface area (Å²) in [4.78, 5) is 38.5. The number of aldehydes is 1. The van der Waals surface area contributed by atoms with Crippen LogP contribution in [0.25, 0.3) is 11.0 Å². The van der Waals surface area contributed by atoms with Crippen molar-refractivity contribution in [1.29, 1.82) is 0 Å². The third kappa shape index (κ3) is 4.28. The summed E-state index contributed by atoms with van der Waals surface area (Å²) in [5.41, 5.74) is 1.10. The molecule has 8 heteroatoms. The molecule has 0 saturated carbocycles. The van der Waals surface area contributed by atoms with Crippen molar-refractivity contribution in [1.82, 2.24) is 10.2 Å². The molecule has 32 heavy (non-hydrogen) atoms. The highest BCUT2D eigenvalue weighted by molar-refractivity contribution is 5.98. The topological polar surface area (TPSA) is 109 Å². The zero-order valence-corrected chi connectivity index (χ0v) is 17.7. The molecule has 1 aromatic heterocycles. The van der Waals surface area contributed by atoms with Crippen LogP contribution in [0.3, 0.4) is 0 Å². The maximum atomic E-state index is 12.8. The second-order valence-corrected chi connectivity index (χ2v) is 7.70. The minimum absolute atomic E-state index is 0.0467. The number of carbonyl (C=O) groups is 2. The summed E-state index contributed by atoms with van der Waals surface area (Å²) in [6, 6.07) is 12.1. The van der Waals surface area contributed by atoms with Gasteiger partial charge in [-0.15, -0.1) is 0 Å². The van der Waals surface area contributed by atoms with Crippen LogP contribution in [0.15, 0.2) is 51.7 Å². The highest BCUT2D eigenvalue weighted by Crippen LogP contribution is 2.31. The molecule has 0 aliphatic carbocycles. The Balaban J connectivity index is 1.48. The van der Waals surface area contributed by atoms with E-state index < -0.39 is 11.7 Å². The van der Waals surface area contributed by atoms with E-state index in [1.54, 1.807) is 25.1 Å². The number of rotatable bonds is 6. The Morgan fingerprint density at radius 2 is 2.03 bits per heavy atom. The van der Waals surface area contributed by atoms with Crippen LogP contribution in [0, 0.1) is 6.92 Å². The molecule has 1 aliphatic heterocycles. The number of phenolic OH excluding ortho intramolecular Hbond substituents is 1. The van der Waals surface area contributed by atoms with E-state index in [0.29, 0.717) is 61.1 Å². The number of fused-ring (bicyclic) bond motifs is 1. The molecular formula is C24H24N2O6. The lowest BCUT2D eigenvalue weighted by molar-refractivity contribution is -0.0309. The summed E-state index contributed by atoms with van der Waals surface area (Å²) in [6.45, 7) is 4.44. The Labute approximate surface area is 184 Å². The molecule has 2 aromatic carbocycles. The fraction of sp³-hybridized carbons (Fsp3) is 0.292. The molecule has 0 bridgehead atoms. The Morgan fingerprint density at radius 1 is 1.25 bits per heavy atom. The molecule has 2 N–H and O–H groups in total. The van der Waals surface area contributed by atoms with E-state index in [-0.39, 0.29) is 22.8 Å². The van der Waals surface area contributed by atoms with Crippen molar-refractivity contribution >= 4 is 23.2 Å². The SMILES string of the molecule is Cc1c(C2CN(CCNC(=O)c3ccccc3)CCO2)c(=O)oc2c(C=O)c(O)ccc12. The molecule has 166 valence electrons. The number of amides is 1. The Hall–Kier alpha value is -3.49. The lowest BCUT2D eigenvalue weighted by atomic mass is 9.99. The number of benzene rings is 2. The van der Waals surface area contributed by atoms with Crippen molar-refractivity contribution < 1.29 is 23.8 Å². The molecule has 1 unspecified atom stereocenters. The molecule has 8 nitrogen and oxygen atoms in total. The van der Waals surface area contributed by atoms with Crippen LogP contribution in [0.4, 0.5) is 0 Å². The highest BCUT2D eigenvalue weighted by atomic mass is 16.5. The third-order valence-corrected chi connectivity index (χ3v) is 5.74. The van der Waals surface area contributed by atoms with Crippen molar-refractivity contribution in [3.8, 4) is 5.75 Å². The van der Waals surface area contributed by atoms with Gasteiger partial charge in [-0.3, -0.25) is 14.5 Å². The number of nitrogens with one attached hydrogen (secondary N) is 1. The first-order valence-electron chi connectivity index (χ1n) is 10.4. The van der Waals surface area contributed by atoms with Gasteiger partial charge in [-0.2, -0.15) is 0 Å². The van der Waals surface area contributed by atoms with Crippen LogP contribution >= 0.6 is 0 Å². The molecule has 2 heterocycles. The maximum absolute atomic E-state index is 12.8. The van der Waals surface area contributed by atoms with Gasteiger partial charge in [0.25, 0.3) is 5.91 Å². The molecule has 0 spiro atoms. The Morgan fingerprint density at radius 3 is 2.78 bits per heavy atom. The first kappa shape index (κ1) is 21.7. The summed E-state index contributed by atoms with van der Waals surface area (Å²) >= 11 is 0. The monoisotopic (exact) mass is 436 g/mol. The van der Waals surface area contributed by atoms with E-state index in [0.717, 1.165) is 0 Å². The van der Waals surface area contributed by atoms with Gasteiger partial charge in [-0.1, -0.05) is 18.2 Å². The van der Waals surface area contributed by atoms with Crippen molar-refractivity contribution in [2.24, 2.45) is 0 Å². The lowest BCUT2D eigenvalue weighted by Gasteiger charge is -2.33. The van der Waals surface area contributed by atoms with Crippen LogP contribution in [0.1, 0.15) is 37.9 Å². The van der Waals surface area contributed by atoms with Crippen LogP contribution in [0.5, 0.6) is 5.75 Å². The van der Waals surface area contributed by atoms with Crippen molar-refractivity contribution in [3.63, 3.8) is 0 Å². The quantitative estimate of drug-likeness (QED) is 0.451. The van der Waals surface area contributed by atoms with Crippen LogP contribution in [0.2, 0.25) is 0 Å². The predicted molar refractivity (Wildman–Crippen MR) is 118 cm³/mol. The van der Waals surface area contributed by atoms with Gasteiger partial charge in [-0.05, 0) is 36.8 Å². The minimum atomic E-state index is -0.590. The summed E-state index contributed by atoms with van der Waals surface area (Å²) in [5.74, 6) is -0.365. The smallest absolute Gasteiger partial charge is 0.342 e. The van der Waals surface area contributed by atoms with E-state index in [2.05, 4.69) is 10.2 Å². The Bertz CT molecular complexity index is 1200. The first-order valence-corrected chi connectivity index (χ1v) is 10.4. The molecule has 0 radical (unpaired) electrons. The number of morpholine rings is 1. The fourth-order valence-electron chi connectivity index (χ4n) is 4.03. The molecule has 1 saturated heterocycles. The zero-order chi connectivity index (χ0) is 22.7. The molecule has 1 aliphatic rings. The number of aryl methyl sites for hydroxylation is 1. The van der Waals surface area contributed by atoms with Gasteiger partial charge < -0.3 is 19.6 Å². The molecular weight excluding hydrogens is 412 g/mol. The highest BCUT2D eigenvalue weighted by Gasteiger charge is 2.28. The van der Waals surface area contributed by atoms with E-state index in [4.69, 9.17) is 9.15 Å². The van der Waals surface area contributed by atoms with Gasteiger partial charge in [0.05, 0.1) is 17.7 Å². The van der Waals surface area contributed by atoms with E-state index >= 15 is 0 Å². The second-order valence-electron chi connectivity index (χ2n) is 7.70.